The molecule has 2 aromatic heterocycles. The third-order valence-electron chi connectivity index (χ3n) is 5.33. The SMILES string of the molecule is CCCc1nc2ccc(N3CCC[C@@H]3C(=O)NCc3ccccc3)nn2c(=O)c1F. The lowest BCUT2D eigenvalue weighted by Crippen LogP contribution is -2.43. The second-order valence-corrected chi connectivity index (χ2v) is 7.44. The van der Waals surface area contributed by atoms with Gasteiger partial charge in [0.15, 0.2) is 5.65 Å². The molecule has 1 atom stereocenters. The van der Waals surface area contributed by atoms with Crippen molar-refractivity contribution in [3.63, 3.8) is 0 Å². The van der Waals surface area contributed by atoms with Crippen LogP contribution in [0.25, 0.3) is 5.65 Å². The molecule has 0 aliphatic carbocycles. The van der Waals surface area contributed by atoms with Gasteiger partial charge < -0.3 is 10.2 Å². The quantitative estimate of drug-likeness (QED) is 0.677. The zero-order valence-electron chi connectivity index (χ0n) is 16.8. The molecule has 30 heavy (non-hydrogen) atoms. The second-order valence-electron chi connectivity index (χ2n) is 7.44. The molecule has 0 radical (unpaired) electrons. The molecule has 1 saturated heterocycles. The normalized spacial score (nSPS) is 16.2. The van der Waals surface area contributed by atoms with E-state index in [0.717, 1.165) is 16.5 Å². The van der Waals surface area contributed by atoms with E-state index in [9.17, 15) is 14.0 Å². The number of nitrogens with one attached hydrogen (secondary N) is 1. The number of carbonyl (C=O) groups excluding carboxylic acids is 1. The van der Waals surface area contributed by atoms with Gasteiger partial charge in [-0.1, -0.05) is 43.7 Å². The average molecular weight is 409 g/mol. The summed E-state index contributed by atoms with van der Waals surface area (Å²) in [6.07, 6.45) is 2.62. The number of hydrogen-bond acceptors (Lipinski definition) is 5. The highest BCUT2D eigenvalue weighted by molar-refractivity contribution is 5.85. The molecule has 1 aliphatic heterocycles. The van der Waals surface area contributed by atoms with Gasteiger partial charge in [0.05, 0.1) is 5.69 Å². The minimum absolute atomic E-state index is 0.0896. The summed E-state index contributed by atoms with van der Waals surface area (Å²) in [7, 11) is 0. The topological polar surface area (TPSA) is 79.6 Å². The summed E-state index contributed by atoms with van der Waals surface area (Å²) >= 11 is 0. The Kier molecular flexibility index (Phi) is 5.74. The summed E-state index contributed by atoms with van der Waals surface area (Å²) < 4.78 is 15.4. The molecule has 1 aromatic carbocycles. The minimum atomic E-state index is -0.863. The number of halogens is 1. The molecule has 0 spiro atoms. The van der Waals surface area contributed by atoms with E-state index in [1.807, 2.05) is 42.2 Å². The number of amides is 1. The minimum Gasteiger partial charge on any atom is -0.350 e. The van der Waals surface area contributed by atoms with Crippen molar-refractivity contribution in [1.29, 1.82) is 0 Å². The number of aryl methyl sites for hydroxylation is 1. The van der Waals surface area contributed by atoms with Crippen LogP contribution < -0.4 is 15.8 Å². The number of rotatable bonds is 6. The summed E-state index contributed by atoms with van der Waals surface area (Å²) in [6, 6.07) is 12.7. The zero-order valence-corrected chi connectivity index (χ0v) is 16.8. The van der Waals surface area contributed by atoms with Crippen molar-refractivity contribution in [3.8, 4) is 0 Å². The highest BCUT2D eigenvalue weighted by Gasteiger charge is 2.32. The van der Waals surface area contributed by atoms with Crippen LogP contribution in [0.5, 0.6) is 0 Å². The third kappa shape index (κ3) is 3.90. The van der Waals surface area contributed by atoms with Gasteiger partial charge in [0, 0.05) is 13.1 Å². The summed E-state index contributed by atoms with van der Waals surface area (Å²) in [4.78, 5) is 31.3. The summed E-state index contributed by atoms with van der Waals surface area (Å²) in [5, 5.41) is 7.29. The van der Waals surface area contributed by atoms with Crippen LogP contribution in [0.2, 0.25) is 0 Å². The Morgan fingerprint density at radius 2 is 2.03 bits per heavy atom. The van der Waals surface area contributed by atoms with Crippen LogP contribution in [0.3, 0.4) is 0 Å². The molecule has 1 aliphatic rings. The molecule has 1 fully saturated rings. The predicted octanol–water partition coefficient (Wildman–Crippen LogP) is 2.47. The highest BCUT2D eigenvalue weighted by Crippen LogP contribution is 2.24. The van der Waals surface area contributed by atoms with Crippen LogP contribution in [-0.2, 0) is 17.8 Å². The number of fused-ring (bicyclic) bond motifs is 1. The van der Waals surface area contributed by atoms with Crippen molar-refractivity contribution in [1.82, 2.24) is 19.9 Å². The first-order valence-electron chi connectivity index (χ1n) is 10.2. The molecule has 4 rings (SSSR count). The maximum atomic E-state index is 14.4. The van der Waals surface area contributed by atoms with Crippen LogP contribution in [-0.4, -0.2) is 33.1 Å². The Morgan fingerprint density at radius 3 is 2.80 bits per heavy atom. The van der Waals surface area contributed by atoms with Crippen LogP contribution >= 0.6 is 0 Å². The first-order valence-corrected chi connectivity index (χ1v) is 10.2. The number of hydrogen-bond donors (Lipinski definition) is 1. The molecule has 156 valence electrons. The first-order chi connectivity index (χ1) is 14.6. The fraction of sp³-hybridized carbons (Fsp3) is 0.364. The van der Waals surface area contributed by atoms with E-state index in [0.29, 0.717) is 43.8 Å². The zero-order chi connectivity index (χ0) is 21.1. The Labute approximate surface area is 173 Å². The fourth-order valence-corrected chi connectivity index (χ4v) is 3.82. The van der Waals surface area contributed by atoms with Crippen molar-refractivity contribution in [2.45, 2.75) is 45.2 Å². The fourth-order valence-electron chi connectivity index (χ4n) is 3.82. The average Bonchev–Trinajstić information content (AvgIpc) is 3.26. The van der Waals surface area contributed by atoms with Crippen molar-refractivity contribution < 1.29 is 9.18 Å². The van der Waals surface area contributed by atoms with Gasteiger partial charge >= 0.3 is 5.56 Å². The van der Waals surface area contributed by atoms with Crippen molar-refractivity contribution >= 4 is 17.4 Å². The lowest BCUT2D eigenvalue weighted by atomic mass is 10.2. The van der Waals surface area contributed by atoms with Gasteiger partial charge in [-0.25, -0.2) is 4.98 Å². The van der Waals surface area contributed by atoms with Crippen LogP contribution in [0.4, 0.5) is 10.2 Å². The molecule has 8 heteroatoms. The lowest BCUT2D eigenvalue weighted by Gasteiger charge is -2.25. The van der Waals surface area contributed by atoms with Gasteiger partial charge in [-0.2, -0.15) is 8.91 Å². The molecule has 1 amide bonds. The molecular formula is C22H24FN5O2. The van der Waals surface area contributed by atoms with Gasteiger partial charge in [-0.15, -0.1) is 5.10 Å². The molecule has 7 nitrogen and oxygen atoms in total. The molecule has 3 heterocycles. The maximum Gasteiger partial charge on any atom is 0.310 e. The monoisotopic (exact) mass is 409 g/mol. The number of aromatic nitrogens is 3. The van der Waals surface area contributed by atoms with E-state index >= 15 is 0 Å². The second kappa shape index (κ2) is 8.61. The molecule has 3 aromatic rings. The van der Waals surface area contributed by atoms with Crippen molar-refractivity contribution in [2.75, 3.05) is 11.4 Å². The summed E-state index contributed by atoms with van der Waals surface area (Å²) in [6.45, 7) is 2.99. The molecule has 0 bridgehead atoms. The van der Waals surface area contributed by atoms with E-state index in [1.54, 1.807) is 12.1 Å². The van der Waals surface area contributed by atoms with Crippen molar-refractivity contribution in [2.24, 2.45) is 0 Å². The van der Waals surface area contributed by atoms with Gasteiger partial charge in [-0.3, -0.25) is 9.59 Å². The van der Waals surface area contributed by atoms with Gasteiger partial charge in [0.1, 0.15) is 11.9 Å². The number of nitrogens with zero attached hydrogens (tertiary/aromatic N) is 4. The van der Waals surface area contributed by atoms with Gasteiger partial charge in [-0.05, 0) is 37.0 Å². The Morgan fingerprint density at radius 1 is 1.23 bits per heavy atom. The van der Waals surface area contributed by atoms with E-state index in [2.05, 4.69) is 15.4 Å². The molecule has 0 unspecified atom stereocenters. The molecule has 1 N–H and O–H groups in total. The van der Waals surface area contributed by atoms with Crippen LogP contribution in [0.1, 0.15) is 37.4 Å². The number of carbonyl (C=O) groups is 1. The lowest BCUT2D eigenvalue weighted by molar-refractivity contribution is -0.122. The summed E-state index contributed by atoms with van der Waals surface area (Å²) in [5.41, 5.74) is 0.680. The first kappa shape index (κ1) is 20.0. The van der Waals surface area contributed by atoms with E-state index in [1.165, 1.54) is 0 Å². The number of benzene rings is 1. The third-order valence-corrected chi connectivity index (χ3v) is 5.33. The van der Waals surface area contributed by atoms with E-state index in [-0.39, 0.29) is 17.6 Å². The Bertz CT molecular complexity index is 1120. The van der Waals surface area contributed by atoms with Crippen LogP contribution in [0.15, 0.2) is 47.3 Å². The number of anilines is 1. The van der Waals surface area contributed by atoms with E-state index < -0.39 is 11.4 Å². The Balaban J connectivity index is 1.57. The van der Waals surface area contributed by atoms with E-state index in [4.69, 9.17) is 0 Å². The molecular weight excluding hydrogens is 385 g/mol. The van der Waals surface area contributed by atoms with Gasteiger partial charge in [0.2, 0.25) is 11.7 Å². The van der Waals surface area contributed by atoms with Gasteiger partial charge in [0.25, 0.3) is 0 Å². The maximum absolute atomic E-state index is 14.4. The standard InChI is InChI=1S/C22H24FN5O2/c1-2-7-16-20(23)22(30)28-18(25-16)11-12-19(26-28)27-13-6-10-17(27)21(29)24-14-15-8-4-3-5-9-15/h3-5,8-9,11-12,17H,2,6-7,10,13-14H2,1H3,(H,24,29)/t17-/m1/s1. The molecule has 0 saturated carbocycles. The van der Waals surface area contributed by atoms with Crippen LogP contribution in [0, 0.1) is 5.82 Å². The predicted molar refractivity (Wildman–Crippen MR) is 112 cm³/mol. The highest BCUT2D eigenvalue weighted by atomic mass is 19.1. The Hall–Kier alpha value is -3.29. The smallest absolute Gasteiger partial charge is 0.310 e. The summed E-state index contributed by atoms with van der Waals surface area (Å²) in [5.74, 6) is -0.489. The van der Waals surface area contributed by atoms with Crippen molar-refractivity contribution in [3.05, 3.63) is 69.9 Å². The largest absolute Gasteiger partial charge is 0.350 e.